The molecule has 20 heavy (non-hydrogen) atoms. The van der Waals surface area contributed by atoms with Crippen LogP contribution >= 0.6 is 11.6 Å². The third-order valence-corrected chi connectivity index (χ3v) is 3.34. The highest BCUT2D eigenvalue weighted by Gasteiger charge is 2.11. The van der Waals surface area contributed by atoms with Crippen molar-refractivity contribution in [3.8, 4) is 0 Å². The number of carbonyl (C=O) groups is 2. The number of carbonyl (C=O) groups excluding carboxylic acids is 1. The number of nitrogens with two attached hydrogens (primary N) is 1. The highest BCUT2D eigenvalue weighted by molar-refractivity contribution is 6.33. The first-order valence-corrected chi connectivity index (χ1v) is 6.84. The van der Waals surface area contributed by atoms with Crippen LogP contribution in [0.4, 0.5) is 5.69 Å². The van der Waals surface area contributed by atoms with E-state index in [1.807, 2.05) is 6.92 Å². The quantitative estimate of drug-likeness (QED) is 0.721. The second kappa shape index (κ2) is 7.87. The second-order valence-electron chi connectivity index (χ2n) is 4.77. The first-order valence-electron chi connectivity index (χ1n) is 6.46. The van der Waals surface area contributed by atoms with Crippen molar-refractivity contribution in [2.24, 2.45) is 11.7 Å². The summed E-state index contributed by atoms with van der Waals surface area (Å²) >= 11 is 5.93. The topological polar surface area (TPSA) is 92.4 Å². The summed E-state index contributed by atoms with van der Waals surface area (Å²) in [7, 11) is 0. The van der Waals surface area contributed by atoms with Gasteiger partial charge in [0.05, 0.1) is 16.3 Å². The van der Waals surface area contributed by atoms with Crippen LogP contribution in [0.1, 0.15) is 36.5 Å². The van der Waals surface area contributed by atoms with Crippen LogP contribution in [-0.4, -0.2) is 23.5 Å². The Morgan fingerprint density at radius 3 is 2.70 bits per heavy atom. The highest BCUT2D eigenvalue weighted by atomic mass is 35.5. The second-order valence-corrected chi connectivity index (χ2v) is 5.18. The van der Waals surface area contributed by atoms with E-state index in [0.717, 1.165) is 12.8 Å². The maximum absolute atomic E-state index is 11.8. The van der Waals surface area contributed by atoms with Crippen molar-refractivity contribution in [1.29, 1.82) is 0 Å². The van der Waals surface area contributed by atoms with Gasteiger partial charge in [0.2, 0.25) is 5.91 Å². The van der Waals surface area contributed by atoms with E-state index in [2.05, 4.69) is 5.32 Å². The summed E-state index contributed by atoms with van der Waals surface area (Å²) in [4.78, 5) is 22.7. The summed E-state index contributed by atoms with van der Waals surface area (Å²) in [6.45, 7) is 2.65. The van der Waals surface area contributed by atoms with Crippen LogP contribution in [0.25, 0.3) is 0 Å². The molecule has 5 nitrogen and oxygen atoms in total. The van der Waals surface area contributed by atoms with E-state index in [0.29, 0.717) is 29.6 Å². The number of hydrogen-bond donors (Lipinski definition) is 3. The van der Waals surface area contributed by atoms with Gasteiger partial charge in [0.1, 0.15) is 0 Å². The fourth-order valence-electron chi connectivity index (χ4n) is 1.77. The molecule has 0 fully saturated rings. The van der Waals surface area contributed by atoms with E-state index in [4.69, 9.17) is 22.4 Å². The molecule has 1 aromatic carbocycles. The zero-order chi connectivity index (χ0) is 15.1. The number of rotatable bonds is 7. The molecular formula is C14H19ClN2O3. The first kappa shape index (κ1) is 16.5. The van der Waals surface area contributed by atoms with Gasteiger partial charge < -0.3 is 16.2 Å². The Hall–Kier alpha value is -1.59. The SMILES string of the molecule is CC(CCN)CCC(=O)Nc1cc(C(=O)O)ccc1Cl. The van der Waals surface area contributed by atoms with Gasteiger partial charge in [0, 0.05) is 6.42 Å². The number of hydrogen-bond acceptors (Lipinski definition) is 3. The lowest BCUT2D eigenvalue weighted by Crippen LogP contribution is -2.14. The van der Waals surface area contributed by atoms with Crippen LogP contribution in [0.15, 0.2) is 18.2 Å². The number of nitrogens with one attached hydrogen (secondary N) is 1. The number of carboxylic acids is 1. The summed E-state index contributed by atoms with van der Waals surface area (Å²) in [5, 5.41) is 11.9. The fourth-order valence-corrected chi connectivity index (χ4v) is 1.94. The highest BCUT2D eigenvalue weighted by Crippen LogP contribution is 2.23. The standard InChI is InChI=1S/C14H19ClN2O3/c1-9(6-7-16)2-5-13(18)17-12-8-10(14(19)20)3-4-11(12)15/h3-4,8-9H,2,5-7,16H2,1H3,(H,17,18)(H,19,20). The van der Waals surface area contributed by atoms with E-state index < -0.39 is 5.97 Å². The Balaban J connectivity index is 2.61. The molecule has 1 aromatic rings. The van der Waals surface area contributed by atoms with Gasteiger partial charge in [0.25, 0.3) is 0 Å². The molecule has 0 aliphatic carbocycles. The van der Waals surface area contributed by atoms with Gasteiger partial charge in [-0.05, 0) is 43.5 Å². The van der Waals surface area contributed by atoms with Gasteiger partial charge in [-0.25, -0.2) is 4.79 Å². The van der Waals surface area contributed by atoms with Crippen molar-refractivity contribution in [2.75, 3.05) is 11.9 Å². The van der Waals surface area contributed by atoms with Crippen LogP contribution in [0.2, 0.25) is 5.02 Å². The molecule has 0 saturated heterocycles. The first-order chi connectivity index (χ1) is 9.43. The summed E-state index contributed by atoms with van der Waals surface area (Å²) < 4.78 is 0. The molecule has 0 aliphatic rings. The normalized spacial score (nSPS) is 11.9. The van der Waals surface area contributed by atoms with Crippen LogP contribution in [0, 0.1) is 5.92 Å². The molecule has 0 aliphatic heterocycles. The lowest BCUT2D eigenvalue weighted by molar-refractivity contribution is -0.116. The largest absolute Gasteiger partial charge is 0.478 e. The number of carboxylic acid groups (broad SMARTS) is 1. The smallest absolute Gasteiger partial charge is 0.335 e. The molecule has 1 atom stereocenters. The Bertz CT molecular complexity index is 491. The fraction of sp³-hybridized carbons (Fsp3) is 0.429. The molecule has 0 radical (unpaired) electrons. The third kappa shape index (κ3) is 5.19. The van der Waals surface area contributed by atoms with Gasteiger partial charge >= 0.3 is 5.97 Å². The van der Waals surface area contributed by atoms with Crippen molar-refractivity contribution in [3.05, 3.63) is 28.8 Å². The monoisotopic (exact) mass is 298 g/mol. The molecule has 110 valence electrons. The zero-order valence-electron chi connectivity index (χ0n) is 11.4. The number of amides is 1. The predicted molar refractivity (Wildman–Crippen MR) is 79.1 cm³/mol. The van der Waals surface area contributed by atoms with Gasteiger partial charge in [-0.3, -0.25) is 4.79 Å². The predicted octanol–water partition coefficient (Wildman–Crippen LogP) is 2.74. The molecule has 0 saturated carbocycles. The van der Waals surface area contributed by atoms with Crippen molar-refractivity contribution < 1.29 is 14.7 Å². The summed E-state index contributed by atoms with van der Waals surface area (Å²) in [5.41, 5.74) is 5.86. The van der Waals surface area contributed by atoms with E-state index in [9.17, 15) is 9.59 Å². The maximum Gasteiger partial charge on any atom is 0.335 e. The van der Waals surface area contributed by atoms with Crippen molar-refractivity contribution >= 4 is 29.2 Å². The summed E-state index contributed by atoms with van der Waals surface area (Å²) in [5.74, 6) is -0.862. The number of benzene rings is 1. The lowest BCUT2D eigenvalue weighted by Gasteiger charge is -2.11. The van der Waals surface area contributed by atoms with E-state index in [1.54, 1.807) is 0 Å². The minimum Gasteiger partial charge on any atom is -0.478 e. The zero-order valence-corrected chi connectivity index (χ0v) is 12.1. The van der Waals surface area contributed by atoms with Crippen LogP contribution in [0.5, 0.6) is 0 Å². The van der Waals surface area contributed by atoms with Gasteiger partial charge in [-0.2, -0.15) is 0 Å². The minimum absolute atomic E-state index is 0.0844. The molecule has 1 unspecified atom stereocenters. The molecule has 6 heteroatoms. The molecular weight excluding hydrogens is 280 g/mol. The molecule has 1 rings (SSSR count). The lowest BCUT2D eigenvalue weighted by atomic mass is 10.0. The van der Waals surface area contributed by atoms with Crippen LogP contribution in [-0.2, 0) is 4.79 Å². The molecule has 4 N–H and O–H groups in total. The average Bonchev–Trinajstić information content (AvgIpc) is 2.39. The minimum atomic E-state index is -1.06. The van der Waals surface area contributed by atoms with Gasteiger partial charge in [0.15, 0.2) is 0 Å². The Labute approximate surface area is 123 Å². The number of anilines is 1. The van der Waals surface area contributed by atoms with Crippen LogP contribution < -0.4 is 11.1 Å². The van der Waals surface area contributed by atoms with Crippen LogP contribution in [0.3, 0.4) is 0 Å². The summed E-state index contributed by atoms with van der Waals surface area (Å²) in [6, 6.07) is 4.20. The average molecular weight is 299 g/mol. The van der Waals surface area contributed by atoms with E-state index in [1.165, 1.54) is 18.2 Å². The Kier molecular flexibility index (Phi) is 6.48. The third-order valence-electron chi connectivity index (χ3n) is 3.01. The molecule has 0 spiro atoms. The molecule has 0 heterocycles. The molecule has 0 aromatic heterocycles. The van der Waals surface area contributed by atoms with E-state index in [-0.39, 0.29) is 11.5 Å². The molecule has 0 bridgehead atoms. The summed E-state index contributed by atoms with van der Waals surface area (Å²) in [6.07, 6.45) is 1.97. The van der Waals surface area contributed by atoms with Gasteiger partial charge in [-0.1, -0.05) is 18.5 Å². The van der Waals surface area contributed by atoms with Crippen molar-refractivity contribution in [2.45, 2.75) is 26.2 Å². The van der Waals surface area contributed by atoms with Crippen molar-refractivity contribution in [3.63, 3.8) is 0 Å². The number of halogens is 1. The number of aromatic carboxylic acids is 1. The van der Waals surface area contributed by atoms with Crippen molar-refractivity contribution in [1.82, 2.24) is 0 Å². The Morgan fingerprint density at radius 1 is 1.40 bits per heavy atom. The maximum atomic E-state index is 11.8. The van der Waals surface area contributed by atoms with E-state index >= 15 is 0 Å². The molecule has 1 amide bonds. The van der Waals surface area contributed by atoms with Gasteiger partial charge in [-0.15, -0.1) is 0 Å². The Morgan fingerprint density at radius 2 is 2.10 bits per heavy atom.